The van der Waals surface area contributed by atoms with Crippen molar-refractivity contribution in [2.75, 3.05) is 11.1 Å². The van der Waals surface area contributed by atoms with Gasteiger partial charge in [0.2, 0.25) is 0 Å². The molecule has 2 aromatic rings. The zero-order valence-corrected chi connectivity index (χ0v) is 11.7. The van der Waals surface area contributed by atoms with E-state index in [9.17, 15) is 4.39 Å². The highest BCUT2D eigenvalue weighted by molar-refractivity contribution is 6.31. The van der Waals surface area contributed by atoms with Crippen LogP contribution in [-0.4, -0.2) is 0 Å². The van der Waals surface area contributed by atoms with Gasteiger partial charge in [-0.05, 0) is 54.8 Å². The van der Waals surface area contributed by atoms with Crippen molar-refractivity contribution in [2.24, 2.45) is 0 Å². The van der Waals surface area contributed by atoms with Crippen LogP contribution in [0.5, 0.6) is 0 Å². The first-order valence-corrected chi connectivity index (χ1v) is 6.39. The van der Waals surface area contributed by atoms with Gasteiger partial charge in [-0.2, -0.15) is 0 Å². The number of halogens is 2. The van der Waals surface area contributed by atoms with Gasteiger partial charge in [-0.25, -0.2) is 4.39 Å². The average molecular weight is 279 g/mol. The van der Waals surface area contributed by atoms with E-state index >= 15 is 0 Å². The summed E-state index contributed by atoms with van der Waals surface area (Å²) in [5.41, 5.74) is 10.7. The molecule has 0 aliphatic carbocycles. The van der Waals surface area contributed by atoms with Crippen LogP contribution in [0, 0.1) is 19.7 Å². The first kappa shape index (κ1) is 13.7. The van der Waals surface area contributed by atoms with E-state index < -0.39 is 0 Å². The zero-order chi connectivity index (χ0) is 14.0. The third-order valence-electron chi connectivity index (χ3n) is 3.15. The highest BCUT2D eigenvalue weighted by Gasteiger charge is 2.05. The van der Waals surface area contributed by atoms with E-state index in [-0.39, 0.29) is 5.82 Å². The Morgan fingerprint density at radius 3 is 2.53 bits per heavy atom. The van der Waals surface area contributed by atoms with Gasteiger partial charge in [0.15, 0.2) is 0 Å². The molecule has 0 radical (unpaired) electrons. The Hall–Kier alpha value is -1.74. The molecule has 2 nitrogen and oxygen atoms in total. The molecule has 19 heavy (non-hydrogen) atoms. The fourth-order valence-electron chi connectivity index (χ4n) is 1.85. The summed E-state index contributed by atoms with van der Waals surface area (Å²) in [6.07, 6.45) is 0. The van der Waals surface area contributed by atoms with Crippen LogP contribution in [-0.2, 0) is 6.54 Å². The summed E-state index contributed by atoms with van der Waals surface area (Å²) in [7, 11) is 0. The first-order valence-electron chi connectivity index (χ1n) is 6.02. The van der Waals surface area contributed by atoms with Crippen molar-refractivity contribution in [3.63, 3.8) is 0 Å². The minimum atomic E-state index is -0.334. The molecule has 0 spiro atoms. The average Bonchev–Trinajstić information content (AvgIpc) is 2.34. The number of nitrogen functional groups attached to an aromatic ring is 1. The monoisotopic (exact) mass is 278 g/mol. The lowest BCUT2D eigenvalue weighted by Crippen LogP contribution is -2.04. The van der Waals surface area contributed by atoms with E-state index in [1.54, 1.807) is 6.07 Å². The van der Waals surface area contributed by atoms with Crippen LogP contribution >= 0.6 is 11.6 Å². The Kier molecular flexibility index (Phi) is 3.96. The molecular weight excluding hydrogens is 263 g/mol. The van der Waals surface area contributed by atoms with Crippen molar-refractivity contribution in [1.29, 1.82) is 0 Å². The van der Waals surface area contributed by atoms with E-state index in [0.29, 0.717) is 17.3 Å². The molecule has 3 N–H and O–H groups in total. The second-order valence-corrected chi connectivity index (χ2v) is 5.02. The molecule has 0 bridgehead atoms. The van der Waals surface area contributed by atoms with Gasteiger partial charge in [0, 0.05) is 11.6 Å². The van der Waals surface area contributed by atoms with Crippen molar-refractivity contribution in [1.82, 2.24) is 0 Å². The van der Waals surface area contributed by atoms with Crippen LogP contribution in [0.1, 0.15) is 16.7 Å². The minimum Gasteiger partial charge on any atom is -0.397 e. The number of rotatable bonds is 3. The van der Waals surface area contributed by atoms with Crippen molar-refractivity contribution in [3.8, 4) is 0 Å². The molecule has 4 heteroatoms. The topological polar surface area (TPSA) is 38.0 Å². The fourth-order valence-corrected chi connectivity index (χ4v) is 2.08. The Balaban J connectivity index is 2.16. The number of benzene rings is 2. The fraction of sp³-hybridized carbons (Fsp3) is 0.200. The molecule has 0 aromatic heterocycles. The molecule has 0 aliphatic heterocycles. The normalized spacial score (nSPS) is 10.5. The highest BCUT2D eigenvalue weighted by atomic mass is 35.5. The number of aryl methyl sites for hydroxylation is 2. The molecule has 100 valence electrons. The maximum Gasteiger partial charge on any atom is 0.124 e. The second-order valence-electron chi connectivity index (χ2n) is 4.61. The summed E-state index contributed by atoms with van der Waals surface area (Å²) in [5, 5.41) is 3.64. The molecule has 0 unspecified atom stereocenters. The van der Waals surface area contributed by atoms with E-state index in [4.69, 9.17) is 17.3 Å². The Morgan fingerprint density at radius 1 is 1.16 bits per heavy atom. The molecule has 0 heterocycles. The van der Waals surface area contributed by atoms with Gasteiger partial charge in [-0.15, -0.1) is 0 Å². The lowest BCUT2D eigenvalue weighted by molar-refractivity contribution is 0.627. The van der Waals surface area contributed by atoms with E-state index in [0.717, 1.165) is 16.8 Å². The number of hydrogen-bond acceptors (Lipinski definition) is 2. The summed E-state index contributed by atoms with van der Waals surface area (Å²) >= 11 is 5.98. The third-order valence-corrected chi connectivity index (χ3v) is 3.50. The Bertz CT molecular complexity index is 611. The van der Waals surface area contributed by atoms with E-state index in [1.165, 1.54) is 17.7 Å². The van der Waals surface area contributed by atoms with Crippen molar-refractivity contribution >= 4 is 23.0 Å². The molecule has 0 atom stereocenters. The largest absolute Gasteiger partial charge is 0.397 e. The van der Waals surface area contributed by atoms with Gasteiger partial charge in [0.25, 0.3) is 0 Å². The quantitative estimate of drug-likeness (QED) is 0.822. The lowest BCUT2D eigenvalue weighted by Gasteiger charge is -2.13. The van der Waals surface area contributed by atoms with Crippen LogP contribution in [0.25, 0.3) is 0 Å². The zero-order valence-electron chi connectivity index (χ0n) is 10.9. The van der Waals surface area contributed by atoms with Gasteiger partial charge in [-0.1, -0.05) is 17.7 Å². The highest BCUT2D eigenvalue weighted by Crippen LogP contribution is 2.25. The predicted octanol–water partition coefficient (Wildman–Crippen LogP) is 4.29. The summed E-state index contributed by atoms with van der Waals surface area (Å²) < 4.78 is 12.9. The van der Waals surface area contributed by atoms with Crippen molar-refractivity contribution in [2.45, 2.75) is 20.4 Å². The van der Waals surface area contributed by atoms with Gasteiger partial charge in [0.1, 0.15) is 5.82 Å². The maximum atomic E-state index is 12.9. The predicted molar refractivity (Wildman–Crippen MR) is 79.1 cm³/mol. The number of nitrogens with two attached hydrogens (primary N) is 1. The Morgan fingerprint density at radius 2 is 1.84 bits per heavy atom. The molecule has 0 saturated heterocycles. The Labute approximate surface area is 117 Å². The summed E-state index contributed by atoms with van der Waals surface area (Å²) in [5.74, 6) is -0.334. The molecule has 0 amide bonds. The second kappa shape index (κ2) is 5.49. The van der Waals surface area contributed by atoms with Crippen molar-refractivity contribution in [3.05, 3.63) is 57.9 Å². The van der Waals surface area contributed by atoms with Gasteiger partial charge < -0.3 is 11.1 Å². The molecular formula is C15H16ClFN2. The minimum absolute atomic E-state index is 0.334. The summed E-state index contributed by atoms with van der Waals surface area (Å²) in [4.78, 5) is 0. The van der Waals surface area contributed by atoms with E-state index in [2.05, 4.69) is 5.32 Å². The number of hydrogen-bond donors (Lipinski definition) is 2. The van der Waals surface area contributed by atoms with Gasteiger partial charge in [0.05, 0.1) is 11.4 Å². The molecule has 2 aromatic carbocycles. The van der Waals surface area contributed by atoms with Gasteiger partial charge >= 0.3 is 0 Å². The van der Waals surface area contributed by atoms with Crippen LogP contribution in [0.2, 0.25) is 5.02 Å². The van der Waals surface area contributed by atoms with Crippen LogP contribution in [0.15, 0.2) is 30.3 Å². The summed E-state index contributed by atoms with van der Waals surface area (Å²) in [6, 6.07) is 8.31. The van der Waals surface area contributed by atoms with Crippen molar-refractivity contribution < 1.29 is 4.39 Å². The molecule has 0 saturated carbocycles. The lowest BCUT2D eigenvalue weighted by atomic mass is 10.1. The molecule has 0 aliphatic rings. The summed E-state index contributed by atoms with van der Waals surface area (Å²) in [6.45, 7) is 4.56. The van der Waals surface area contributed by atoms with Crippen LogP contribution in [0.4, 0.5) is 15.8 Å². The SMILES string of the molecule is Cc1cc(N)c(NCc2ccc(F)cc2Cl)cc1C. The van der Waals surface area contributed by atoms with Crippen LogP contribution < -0.4 is 11.1 Å². The standard InChI is InChI=1S/C15H16ClFN2/c1-9-5-14(18)15(6-10(9)2)19-8-11-3-4-12(17)7-13(11)16/h3-7,19H,8,18H2,1-2H3. The number of nitrogens with one attached hydrogen (secondary N) is 1. The number of anilines is 2. The smallest absolute Gasteiger partial charge is 0.124 e. The van der Waals surface area contributed by atoms with Crippen LogP contribution in [0.3, 0.4) is 0 Å². The van der Waals surface area contributed by atoms with Gasteiger partial charge in [-0.3, -0.25) is 0 Å². The van der Waals surface area contributed by atoms with E-state index in [1.807, 2.05) is 26.0 Å². The molecule has 2 rings (SSSR count). The maximum absolute atomic E-state index is 12.9. The third kappa shape index (κ3) is 3.18. The first-order chi connectivity index (χ1) is 8.97. The molecule has 0 fully saturated rings.